The number of sulfonamides is 1. The Labute approximate surface area is 194 Å². The molecule has 3 heterocycles. The topological polar surface area (TPSA) is 60.9 Å². The molecule has 0 radical (unpaired) electrons. The summed E-state index contributed by atoms with van der Waals surface area (Å²) in [6.45, 7) is 3.45. The zero-order chi connectivity index (χ0) is 23.5. The molecular weight excluding hydrogens is 475 g/mol. The molecule has 2 aromatic carbocycles. The van der Waals surface area contributed by atoms with E-state index in [4.69, 9.17) is 0 Å². The van der Waals surface area contributed by atoms with E-state index in [1.165, 1.54) is 10.4 Å². The number of carbonyl (C=O) groups excluding carboxylic acids is 1. The van der Waals surface area contributed by atoms with Gasteiger partial charge in [0.05, 0.1) is 22.6 Å². The van der Waals surface area contributed by atoms with Crippen LogP contribution in [-0.2, 0) is 27.4 Å². The highest BCUT2D eigenvalue weighted by Gasteiger charge is 2.40. The molecule has 2 aromatic rings. The minimum Gasteiger partial charge on any atom is -0.369 e. The fraction of sp³-hybridized carbons (Fsp3) is 0.409. The van der Waals surface area contributed by atoms with E-state index in [9.17, 15) is 26.4 Å². The van der Waals surface area contributed by atoms with Crippen molar-refractivity contribution in [2.75, 3.05) is 42.5 Å². The molecule has 33 heavy (non-hydrogen) atoms. The Morgan fingerprint density at radius 2 is 1.79 bits per heavy atom. The van der Waals surface area contributed by atoms with Crippen LogP contribution >= 0.6 is 11.8 Å². The SMILES string of the molecule is CC1CN2C(=O)Cc3c(S(=O)(=O)N4CCN(c5cccc(C(F)(F)F)c5)CC4)ccc(c32)S1. The lowest BCUT2D eigenvalue weighted by Crippen LogP contribution is -2.48. The lowest BCUT2D eigenvalue weighted by molar-refractivity contribution is -0.137. The molecule has 3 aliphatic rings. The van der Waals surface area contributed by atoms with E-state index in [-0.39, 0.29) is 48.7 Å². The van der Waals surface area contributed by atoms with Crippen molar-refractivity contribution in [3.8, 4) is 0 Å². The third-order valence-electron chi connectivity index (χ3n) is 6.26. The average Bonchev–Trinajstić information content (AvgIpc) is 3.10. The van der Waals surface area contributed by atoms with Crippen LogP contribution in [0.2, 0.25) is 0 Å². The molecule has 5 rings (SSSR count). The number of halogens is 3. The van der Waals surface area contributed by atoms with Crippen molar-refractivity contribution in [2.24, 2.45) is 0 Å². The molecule has 1 amide bonds. The number of hydrogen-bond donors (Lipinski definition) is 0. The van der Waals surface area contributed by atoms with Gasteiger partial charge in [-0.25, -0.2) is 8.42 Å². The van der Waals surface area contributed by atoms with Gasteiger partial charge in [0.15, 0.2) is 0 Å². The first-order chi connectivity index (χ1) is 15.6. The summed E-state index contributed by atoms with van der Waals surface area (Å²) < 4.78 is 67.5. The first kappa shape index (κ1) is 22.5. The van der Waals surface area contributed by atoms with Crippen LogP contribution in [-0.4, -0.2) is 56.6 Å². The minimum absolute atomic E-state index is 0.0647. The molecule has 1 atom stereocenters. The monoisotopic (exact) mass is 497 g/mol. The molecule has 1 saturated heterocycles. The van der Waals surface area contributed by atoms with Gasteiger partial charge in [0.2, 0.25) is 15.9 Å². The average molecular weight is 498 g/mol. The Morgan fingerprint density at radius 3 is 2.48 bits per heavy atom. The molecule has 0 spiro atoms. The molecule has 1 unspecified atom stereocenters. The summed E-state index contributed by atoms with van der Waals surface area (Å²) in [5, 5.41) is 0.235. The maximum atomic E-state index is 13.5. The van der Waals surface area contributed by atoms with Crippen molar-refractivity contribution in [1.29, 1.82) is 0 Å². The molecule has 1 fully saturated rings. The van der Waals surface area contributed by atoms with Gasteiger partial charge >= 0.3 is 6.18 Å². The second-order valence-electron chi connectivity index (χ2n) is 8.44. The predicted molar refractivity (Wildman–Crippen MR) is 120 cm³/mol. The molecule has 0 aliphatic carbocycles. The van der Waals surface area contributed by atoms with Crippen molar-refractivity contribution in [3.05, 3.63) is 47.5 Å². The van der Waals surface area contributed by atoms with E-state index < -0.39 is 21.8 Å². The largest absolute Gasteiger partial charge is 0.416 e. The highest BCUT2D eigenvalue weighted by atomic mass is 32.2. The van der Waals surface area contributed by atoms with E-state index in [0.717, 1.165) is 17.0 Å². The van der Waals surface area contributed by atoms with Gasteiger partial charge in [-0.05, 0) is 30.3 Å². The number of nitrogens with zero attached hydrogens (tertiary/aromatic N) is 3. The second kappa shape index (κ2) is 7.92. The summed E-state index contributed by atoms with van der Waals surface area (Å²) >= 11 is 1.64. The summed E-state index contributed by atoms with van der Waals surface area (Å²) in [7, 11) is -3.85. The van der Waals surface area contributed by atoms with Crippen LogP contribution in [0.25, 0.3) is 0 Å². The van der Waals surface area contributed by atoms with Crippen molar-refractivity contribution < 1.29 is 26.4 Å². The number of hydrogen-bond acceptors (Lipinski definition) is 5. The van der Waals surface area contributed by atoms with Gasteiger partial charge in [-0.1, -0.05) is 13.0 Å². The molecular formula is C22H22F3N3O3S2. The number of piperazine rings is 1. The van der Waals surface area contributed by atoms with Gasteiger partial charge < -0.3 is 9.80 Å². The van der Waals surface area contributed by atoms with Gasteiger partial charge in [-0.3, -0.25) is 4.79 Å². The smallest absolute Gasteiger partial charge is 0.369 e. The molecule has 0 aromatic heterocycles. The van der Waals surface area contributed by atoms with Crippen LogP contribution in [0.5, 0.6) is 0 Å². The van der Waals surface area contributed by atoms with E-state index in [1.54, 1.807) is 39.8 Å². The Kier molecular flexibility index (Phi) is 5.41. The third-order valence-corrected chi connectivity index (χ3v) is 9.38. The lowest BCUT2D eigenvalue weighted by Gasteiger charge is -2.36. The van der Waals surface area contributed by atoms with E-state index in [0.29, 0.717) is 23.5 Å². The van der Waals surface area contributed by atoms with E-state index in [1.807, 2.05) is 6.92 Å². The first-order valence-electron chi connectivity index (χ1n) is 10.6. The minimum atomic E-state index is -4.43. The van der Waals surface area contributed by atoms with E-state index >= 15 is 0 Å². The van der Waals surface area contributed by atoms with Gasteiger partial charge in [-0.2, -0.15) is 17.5 Å². The van der Waals surface area contributed by atoms with Crippen molar-refractivity contribution in [3.63, 3.8) is 0 Å². The number of anilines is 2. The zero-order valence-electron chi connectivity index (χ0n) is 17.8. The summed E-state index contributed by atoms with van der Waals surface area (Å²) in [6.07, 6.45) is -4.37. The number of benzene rings is 2. The fourth-order valence-corrected chi connectivity index (χ4v) is 7.47. The normalized spacial score (nSPS) is 21.5. The fourth-order valence-electron chi connectivity index (χ4n) is 4.68. The summed E-state index contributed by atoms with van der Waals surface area (Å²) in [4.78, 5) is 17.1. The van der Waals surface area contributed by atoms with Crippen LogP contribution in [0.4, 0.5) is 24.5 Å². The molecule has 0 saturated carbocycles. The summed E-state index contributed by atoms with van der Waals surface area (Å²) in [5.74, 6) is -0.0876. The molecule has 11 heteroatoms. The van der Waals surface area contributed by atoms with Crippen molar-refractivity contribution >= 4 is 39.1 Å². The molecule has 176 valence electrons. The summed E-state index contributed by atoms with van der Waals surface area (Å²) in [5.41, 5.74) is 0.958. The van der Waals surface area contributed by atoms with Crippen LogP contribution in [0, 0.1) is 0 Å². The quantitative estimate of drug-likeness (QED) is 0.649. The number of carbonyl (C=O) groups is 1. The predicted octanol–water partition coefficient (Wildman–Crippen LogP) is 3.60. The van der Waals surface area contributed by atoms with Crippen LogP contribution < -0.4 is 9.80 Å². The number of amides is 1. The van der Waals surface area contributed by atoms with Gasteiger partial charge in [-0.15, -0.1) is 11.8 Å². The number of alkyl halides is 3. The first-order valence-corrected chi connectivity index (χ1v) is 12.9. The van der Waals surface area contributed by atoms with E-state index in [2.05, 4.69) is 0 Å². The standard InChI is InChI=1S/C22H22F3N3O3S2/c1-14-13-28-20(29)12-17-19(6-5-18(32-14)21(17)28)33(30,31)27-9-7-26(8-10-27)16-4-2-3-15(11-16)22(23,24)25/h2-6,11,14H,7-10,12-13H2,1H3. The number of thioether (sulfide) groups is 1. The Hall–Kier alpha value is -2.24. The van der Waals surface area contributed by atoms with Crippen molar-refractivity contribution in [2.45, 2.75) is 34.6 Å². The van der Waals surface area contributed by atoms with Crippen LogP contribution in [0.15, 0.2) is 46.2 Å². The number of rotatable bonds is 3. The maximum absolute atomic E-state index is 13.5. The molecule has 0 N–H and O–H groups in total. The van der Waals surface area contributed by atoms with Gasteiger partial charge in [0.25, 0.3) is 0 Å². The lowest BCUT2D eigenvalue weighted by atomic mass is 10.1. The highest BCUT2D eigenvalue weighted by molar-refractivity contribution is 8.00. The van der Waals surface area contributed by atoms with Gasteiger partial charge in [0, 0.05) is 54.1 Å². The molecule has 3 aliphatic heterocycles. The maximum Gasteiger partial charge on any atom is 0.416 e. The Morgan fingerprint density at radius 1 is 1.06 bits per heavy atom. The third kappa shape index (κ3) is 3.89. The zero-order valence-corrected chi connectivity index (χ0v) is 19.4. The molecule has 0 bridgehead atoms. The Balaban J connectivity index is 1.38. The van der Waals surface area contributed by atoms with Gasteiger partial charge in [0.1, 0.15) is 0 Å². The van der Waals surface area contributed by atoms with Crippen molar-refractivity contribution in [1.82, 2.24) is 4.31 Å². The van der Waals surface area contributed by atoms with Crippen LogP contribution in [0.3, 0.4) is 0 Å². The summed E-state index contributed by atoms with van der Waals surface area (Å²) in [6, 6.07) is 8.43. The van der Waals surface area contributed by atoms with Crippen LogP contribution in [0.1, 0.15) is 18.1 Å². The second-order valence-corrected chi connectivity index (χ2v) is 11.8. The molecule has 6 nitrogen and oxygen atoms in total. The Bertz CT molecular complexity index is 1230. The highest BCUT2D eigenvalue weighted by Crippen LogP contribution is 2.47.